The Morgan fingerprint density at radius 3 is 2.37 bits per heavy atom. The number of carbonyl (C=O) groups excluding carboxylic acids is 1. The van der Waals surface area contributed by atoms with Crippen LogP contribution in [0, 0.1) is 11.3 Å². The Morgan fingerprint density at radius 2 is 1.80 bits per heavy atom. The summed E-state index contributed by atoms with van der Waals surface area (Å²) in [4.78, 5) is 39.5. The molecule has 0 spiro atoms. The molecule has 0 saturated carbocycles. The minimum absolute atomic E-state index is 0.0317. The van der Waals surface area contributed by atoms with Crippen LogP contribution in [0.5, 0.6) is 5.75 Å². The number of H-pyrrole nitrogens is 1. The Labute approximate surface area is 203 Å². The lowest BCUT2D eigenvalue weighted by Crippen LogP contribution is -2.33. The first-order valence-corrected chi connectivity index (χ1v) is 11.2. The summed E-state index contributed by atoms with van der Waals surface area (Å²) in [7, 11) is 3.02. The van der Waals surface area contributed by atoms with Crippen LogP contribution in [0.15, 0.2) is 52.1 Å². The van der Waals surface area contributed by atoms with E-state index in [9.17, 15) is 24.8 Å². The molecular formula is C25H30N6O4. The second-order valence-corrected chi connectivity index (χ2v) is 7.44. The summed E-state index contributed by atoms with van der Waals surface area (Å²) >= 11 is 0. The van der Waals surface area contributed by atoms with Crippen LogP contribution >= 0.6 is 0 Å². The van der Waals surface area contributed by atoms with Crippen LogP contribution in [0.2, 0.25) is 0 Å². The van der Waals surface area contributed by atoms with Gasteiger partial charge in [-0.15, -0.1) is 0 Å². The van der Waals surface area contributed by atoms with Crippen molar-refractivity contribution in [1.82, 2.24) is 14.7 Å². The van der Waals surface area contributed by atoms with E-state index in [2.05, 4.69) is 15.7 Å². The topological polar surface area (TPSA) is 143 Å². The molecule has 1 heterocycles. The average molecular weight is 479 g/mol. The maximum Gasteiger partial charge on any atom is 0.291 e. The van der Waals surface area contributed by atoms with Crippen LogP contribution in [0.4, 0.5) is 17.1 Å². The summed E-state index contributed by atoms with van der Waals surface area (Å²) in [5.74, 6) is -0.962. The van der Waals surface area contributed by atoms with Gasteiger partial charge in [-0.2, -0.15) is 5.26 Å². The second-order valence-electron chi connectivity index (χ2n) is 7.44. The number of carbonyl (C=O) groups is 1. The van der Waals surface area contributed by atoms with Gasteiger partial charge in [0.1, 0.15) is 11.4 Å². The van der Waals surface area contributed by atoms with Crippen LogP contribution < -0.4 is 21.8 Å². The Hall–Kier alpha value is -4.52. The van der Waals surface area contributed by atoms with E-state index in [0.717, 1.165) is 10.2 Å². The standard InChI is InChI=1S/C23H24N6O4.C2H6/c1-4-29-23(33)19(18(21(31)27-29)25-13-14-8-6-5-7-9-14)26-17-11-15(12-24)10-16(20(17)30)22(32)28(2)3;1-2/h5-11,25-26,30H,4,13H2,1-3H3,(H,27,31);1-2H3. The molecule has 0 unspecified atom stereocenters. The van der Waals surface area contributed by atoms with E-state index in [-0.39, 0.29) is 41.3 Å². The molecule has 0 aliphatic carbocycles. The lowest BCUT2D eigenvalue weighted by Gasteiger charge is -2.18. The number of amides is 1. The van der Waals surface area contributed by atoms with Gasteiger partial charge in [-0.1, -0.05) is 44.2 Å². The Bertz CT molecular complexity index is 1340. The number of nitriles is 1. The van der Waals surface area contributed by atoms with Gasteiger partial charge in [0.25, 0.3) is 17.0 Å². The number of nitrogens with one attached hydrogen (secondary N) is 3. The van der Waals surface area contributed by atoms with Crippen molar-refractivity contribution in [3.8, 4) is 11.8 Å². The Morgan fingerprint density at radius 1 is 1.14 bits per heavy atom. The summed E-state index contributed by atoms with van der Waals surface area (Å²) in [6, 6.07) is 13.8. The normalized spacial score (nSPS) is 9.94. The van der Waals surface area contributed by atoms with Crippen LogP contribution in [0.3, 0.4) is 0 Å². The molecule has 0 fully saturated rings. The van der Waals surface area contributed by atoms with E-state index >= 15 is 0 Å². The predicted molar refractivity (Wildman–Crippen MR) is 136 cm³/mol. The molecule has 0 aliphatic rings. The van der Waals surface area contributed by atoms with Gasteiger partial charge in [-0.3, -0.25) is 19.5 Å². The molecule has 1 amide bonds. The molecule has 10 heteroatoms. The Balaban J connectivity index is 0.00000210. The third kappa shape index (κ3) is 6.09. The maximum atomic E-state index is 13.1. The van der Waals surface area contributed by atoms with Gasteiger partial charge in [0.2, 0.25) is 0 Å². The number of benzene rings is 2. The van der Waals surface area contributed by atoms with Gasteiger partial charge in [0.15, 0.2) is 5.75 Å². The zero-order valence-electron chi connectivity index (χ0n) is 20.5. The first-order chi connectivity index (χ1) is 16.8. The van der Waals surface area contributed by atoms with Crippen LogP contribution in [-0.4, -0.2) is 39.8 Å². The van der Waals surface area contributed by atoms with Gasteiger partial charge in [0.05, 0.1) is 22.9 Å². The van der Waals surface area contributed by atoms with Crippen molar-refractivity contribution < 1.29 is 9.90 Å². The molecule has 3 aromatic rings. The number of phenols is 1. The van der Waals surface area contributed by atoms with Crippen molar-refractivity contribution in [2.24, 2.45) is 0 Å². The average Bonchev–Trinajstić information content (AvgIpc) is 2.87. The van der Waals surface area contributed by atoms with Crippen molar-refractivity contribution in [3.63, 3.8) is 0 Å². The number of anilines is 3. The largest absolute Gasteiger partial charge is 0.505 e. The fraction of sp³-hybridized carbons (Fsp3) is 0.280. The fourth-order valence-corrected chi connectivity index (χ4v) is 3.21. The highest BCUT2D eigenvalue weighted by molar-refractivity contribution is 5.99. The van der Waals surface area contributed by atoms with Gasteiger partial charge >= 0.3 is 0 Å². The SMILES string of the molecule is CC.CCn1[nH]c(=O)c(NCc2ccccc2)c(Nc2cc(C#N)cc(C(=O)N(C)C)c2O)c1=O. The minimum atomic E-state index is -0.546. The number of nitrogens with zero attached hydrogens (tertiary/aromatic N) is 3. The van der Waals surface area contributed by atoms with E-state index in [4.69, 9.17) is 0 Å². The molecule has 0 bridgehead atoms. The zero-order valence-corrected chi connectivity index (χ0v) is 20.5. The second kappa shape index (κ2) is 12.1. The van der Waals surface area contributed by atoms with Gasteiger partial charge in [-0.25, -0.2) is 4.68 Å². The molecule has 35 heavy (non-hydrogen) atoms. The van der Waals surface area contributed by atoms with Crippen LogP contribution in [-0.2, 0) is 13.1 Å². The van der Waals surface area contributed by atoms with Crippen molar-refractivity contribution >= 4 is 23.0 Å². The number of aromatic amines is 1. The van der Waals surface area contributed by atoms with E-state index in [0.29, 0.717) is 0 Å². The minimum Gasteiger partial charge on any atom is -0.505 e. The highest BCUT2D eigenvalue weighted by Crippen LogP contribution is 2.33. The fourth-order valence-electron chi connectivity index (χ4n) is 3.21. The molecule has 10 nitrogen and oxygen atoms in total. The zero-order chi connectivity index (χ0) is 26.1. The van der Waals surface area contributed by atoms with Crippen molar-refractivity contribution in [3.05, 3.63) is 79.9 Å². The summed E-state index contributed by atoms with van der Waals surface area (Å²) in [6.07, 6.45) is 0. The predicted octanol–water partition coefficient (Wildman–Crippen LogP) is 3.22. The number of rotatable bonds is 7. The van der Waals surface area contributed by atoms with E-state index in [1.54, 1.807) is 6.92 Å². The third-order valence-corrected chi connectivity index (χ3v) is 4.94. The molecular weight excluding hydrogens is 448 g/mol. The Kier molecular flexibility index (Phi) is 9.23. The number of phenolic OH excluding ortho intramolecular Hbond substituents is 1. The monoisotopic (exact) mass is 478 g/mol. The first-order valence-electron chi connectivity index (χ1n) is 11.2. The number of aryl methyl sites for hydroxylation is 1. The lowest BCUT2D eigenvalue weighted by molar-refractivity contribution is 0.0824. The van der Waals surface area contributed by atoms with Gasteiger partial charge in [0, 0.05) is 27.2 Å². The molecule has 0 aliphatic heterocycles. The number of aromatic nitrogens is 2. The number of hydrogen-bond donors (Lipinski definition) is 4. The highest BCUT2D eigenvalue weighted by atomic mass is 16.3. The quantitative estimate of drug-likeness (QED) is 0.382. The smallest absolute Gasteiger partial charge is 0.291 e. The summed E-state index contributed by atoms with van der Waals surface area (Å²) in [5.41, 5.74) is -0.421. The van der Waals surface area contributed by atoms with Crippen molar-refractivity contribution in [2.45, 2.75) is 33.9 Å². The molecule has 1 aromatic heterocycles. The lowest BCUT2D eigenvalue weighted by atomic mass is 10.1. The molecule has 2 aromatic carbocycles. The van der Waals surface area contributed by atoms with E-state index in [1.807, 2.05) is 50.2 Å². The number of aromatic hydroxyl groups is 1. The molecule has 3 rings (SSSR count). The van der Waals surface area contributed by atoms with E-state index < -0.39 is 22.8 Å². The van der Waals surface area contributed by atoms with Crippen LogP contribution in [0.1, 0.15) is 42.3 Å². The van der Waals surface area contributed by atoms with Crippen LogP contribution in [0.25, 0.3) is 0 Å². The number of hydrogen-bond acceptors (Lipinski definition) is 7. The molecule has 0 atom stereocenters. The molecule has 0 saturated heterocycles. The molecule has 4 N–H and O–H groups in total. The maximum absolute atomic E-state index is 13.1. The third-order valence-electron chi connectivity index (χ3n) is 4.94. The van der Waals surface area contributed by atoms with Gasteiger partial charge in [-0.05, 0) is 24.6 Å². The van der Waals surface area contributed by atoms with Crippen molar-refractivity contribution in [1.29, 1.82) is 5.26 Å². The van der Waals surface area contributed by atoms with Gasteiger partial charge < -0.3 is 20.6 Å². The summed E-state index contributed by atoms with van der Waals surface area (Å²) < 4.78 is 1.12. The van der Waals surface area contributed by atoms with E-state index in [1.165, 1.54) is 31.1 Å². The highest BCUT2D eigenvalue weighted by Gasteiger charge is 2.21. The first kappa shape index (κ1) is 26.7. The van der Waals surface area contributed by atoms with Crippen molar-refractivity contribution in [2.75, 3.05) is 24.7 Å². The molecule has 0 radical (unpaired) electrons. The molecule has 184 valence electrons. The summed E-state index contributed by atoms with van der Waals surface area (Å²) in [6.45, 7) is 6.17. The summed E-state index contributed by atoms with van der Waals surface area (Å²) in [5, 5.41) is 28.4.